The molecule has 0 bridgehead atoms. The largest absolute Gasteiger partial charge is 0.326 e. The first-order chi connectivity index (χ1) is 11.7. The van der Waals surface area contributed by atoms with Crippen LogP contribution in [0.4, 0.5) is 5.69 Å². The van der Waals surface area contributed by atoms with E-state index in [1.165, 1.54) is 11.8 Å². The molecule has 3 rings (SSSR count). The maximum Gasteiger partial charge on any atom is 0.225 e. The molecule has 1 atom stereocenters. The van der Waals surface area contributed by atoms with E-state index in [4.69, 9.17) is 0 Å². The lowest BCUT2D eigenvalue weighted by Crippen LogP contribution is -2.39. The maximum absolute atomic E-state index is 12.2. The minimum Gasteiger partial charge on any atom is -0.326 e. The van der Waals surface area contributed by atoms with E-state index in [0.29, 0.717) is 6.42 Å². The Kier molecular flexibility index (Phi) is 8.02. The van der Waals surface area contributed by atoms with E-state index in [1.807, 2.05) is 36.9 Å². The molecule has 1 saturated heterocycles. The van der Waals surface area contributed by atoms with Gasteiger partial charge in [0.15, 0.2) is 5.16 Å². The van der Waals surface area contributed by atoms with Gasteiger partial charge in [0.05, 0.1) is 0 Å². The summed E-state index contributed by atoms with van der Waals surface area (Å²) in [7, 11) is 0. The van der Waals surface area contributed by atoms with Crippen molar-refractivity contribution in [3.8, 4) is 0 Å². The van der Waals surface area contributed by atoms with Gasteiger partial charge in [0.2, 0.25) is 5.91 Å². The Morgan fingerprint density at radius 1 is 1.40 bits per heavy atom. The van der Waals surface area contributed by atoms with Crippen molar-refractivity contribution >= 4 is 47.5 Å². The average molecular weight is 397 g/mol. The van der Waals surface area contributed by atoms with Gasteiger partial charge >= 0.3 is 0 Å². The van der Waals surface area contributed by atoms with Gasteiger partial charge in [-0.15, -0.1) is 12.4 Å². The summed E-state index contributed by atoms with van der Waals surface area (Å²) in [5, 5.41) is 7.12. The molecule has 0 saturated carbocycles. The zero-order valence-corrected chi connectivity index (χ0v) is 16.3. The summed E-state index contributed by atoms with van der Waals surface area (Å²) in [5.41, 5.74) is 1.90. The van der Waals surface area contributed by atoms with Crippen molar-refractivity contribution in [2.24, 2.45) is 0 Å². The highest BCUT2D eigenvalue weighted by Crippen LogP contribution is 2.28. The van der Waals surface area contributed by atoms with Crippen LogP contribution in [-0.2, 0) is 4.79 Å². The van der Waals surface area contributed by atoms with Crippen molar-refractivity contribution in [3.63, 3.8) is 0 Å². The number of rotatable bonds is 5. The monoisotopic (exact) mass is 396 g/mol. The van der Waals surface area contributed by atoms with Crippen LogP contribution in [0.5, 0.6) is 0 Å². The number of carbonyl (C=O) groups is 1. The molecular weight excluding hydrogens is 376 g/mol. The Morgan fingerprint density at radius 2 is 2.20 bits per heavy atom. The van der Waals surface area contributed by atoms with Crippen LogP contribution in [-0.4, -0.2) is 40.0 Å². The number of hydrogen-bond donors (Lipinski definition) is 2. The predicted molar refractivity (Wildman–Crippen MR) is 107 cm³/mol. The van der Waals surface area contributed by atoms with Crippen molar-refractivity contribution in [1.82, 2.24) is 15.3 Å². The van der Waals surface area contributed by atoms with Gasteiger partial charge in [-0.1, -0.05) is 0 Å². The SMILES string of the molecule is Cc1cc(Sc2ncccn2)ccc1NC(=O)CC1CSCCN1.Cl. The number of nitrogens with one attached hydrogen (secondary N) is 2. The minimum absolute atomic E-state index is 0. The van der Waals surface area contributed by atoms with Crippen LogP contribution in [0.25, 0.3) is 0 Å². The summed E-state index contributed by atoms with van der Waals surface area (Å²) in [5.74, 6) is 2.19. The Hall–Kier alpha value is -1.28. The molecule has 2 aromatic rings. The third-order valence-electron chi connectivity index (χ3n) is 3.65. The predicted octanol–water partition coefficient (Wildman–Crippen LogP) is 3.39. The number of thioether (sulfide) groups is 1. The van der Waals surface area contributed by atoms with Gasteiger partial charge < -0.3 is 10.6 Å². The highest BCUT2D eigenvalue weighted by atomic mass is 35.5. The van der Waals surface area contributed by atoms with Crippen molar-refractivity contribution in [2.75, 3.05) is 23.4 Å². The van der Waals surface area contributed by atoms with Crippen LogP contribution in [0.15, 0.2) is 46.7 Å². The third-order valence-corrected chi connectivity index (χ3v) is 5.67. The second-order valence-electron chi connectivity index (χ2n) is 5.59. The first-order valence-corrected chi connectivity index (χ1v) is 9.84. The van der Waals surface area contributed by atoms with Crippen LogP contribution < -0.4 is 10.6 Å². The fourth-order valence-corrected chi connectivity index (χ4v) is 4.22. The summed E-state index contributed by atoms with van der Waals surface area (Å²) in [6.07, 6.45) is 3.98. The molecule has 5 nitrogen and oxygen atoms in total. The molecule has 1 fully saturated rings. The Morgan fingerprint density at radius 3 is 2.88 bits per heavy atom. The zero-order chi connectivity index (χ0) is 16.8. The Balaban J connectivity index is 0.00000225. The van der Waals surface area contributed by atoms with Crippen LogP contribution >= 0.6 is 35.9 Å². The van der Waals surface area contributed by atoms with Gasteiger partial charge in [-0.3, -0.25) is 4.79 Å². The minimum atomic E-state index is 0. The molecule has 0 aliphatic carbocycles. The quantitative estimate of drug-likeness (QED) is 0.755. The molecule has 1 amide bonds. The van der Waals surface area contributed by atoms with E-state index in [1.54, 1.807) is 18.5 Å². The Labute approximate surface area is 162 Å². The molecule has 1 aromatic carbocycles. The van der Waals surface area contributed by atoms with Gasteiger partial charge in [-0.25, -0.2) is 9.97 Å². The van der Waals surface area contributed by atoms with Gasteiger partial charge in [0.1, 0.15) is 0 Å². The zero-order valence-electron chi connectivity index (χ0n) is 13.9. The van der Waals surface area contributed by atoms with E-state index < -0.39 is 0 Å². The van der Waals surface area contributed by atoms with Crippen molar-refractivity contribution in [2.45, 2.75) is 29.4 Å². The molecule has 134 valence electrons. The smallest absolute Gasteiger partial charge is 0.225 e. The number of anilines is 1. The van der Waals surface area contributed by atoms with Crippen LogP contribution in [0.1, 0.15) is 12.0 Å². The number of benzene rings is 1. The van der Waals surface area contributed by atoms with Crippen LogP contribution in [0.3, 0.4) is 0 Å². The molecule has 8 heteroatoms. The van der Waals surface area contributed by atoms with E-state index in [-0.39, 0.29) is 24.4 Å². The number of amides is 1. The fraction of sp³-hybridized carbons (Fsp3) is 0.353. The van der Waals surface area contributed by atoms with Gasteiger partial charge in [0, 0.05) is 53.5 Å². The first kappa shape index (κ1) is 20.0. The first-order valence-electron chi connectivity index (χ1n) is 7.87. The summed E-state index contributed by atoms with van der Waals surface area (Å²) < 4.78 is 0. The topological polar surface area (TPSA) is 66.9 Å². The summed E-state index contributed by atoms with van der Waals surface area (Å²) in [6, 6.07) is 8.05. The lowest BCUT2D eigenvalue weighted by Gasteiger charge is -2.22. The molecule has 0 spiro atoms. The van der Waals surface area contributed by atoms with E-state index in [2.05, 4.69) is 20.6 Å². The molecule has 1 unspecified atom stereocenters. The van der Waals surface area contributed by atoms with Gasteiger partial charge in [-0.05, 0) is 48.5 Å². The highest BCUT2D eigenvalue weighted by Gasteiger charge is 2.17. The lowest BCUT2D eigenvalue weighted by atomic mass is 10.1. The van der Waals surface area contributed by atoms with Crippen molar-refractivity contribution < 1.29 is 4.79 Å². The normalized spacial score (nSPS) is 16.8. The second kappa shape index (κ2) is 10.0. The standard InChI is InChI=1S/C17H20N4OS2.ClH/c1-12-9-14(24-17-19-5-2-6-20-17)3-4-15(12)21-16(22)10-13-11-23-8-7-18-13;/h2-6,9,13,18H,7-8,10-11H2,1H3,(H,21,22);1H. The van der Waals surface area contributed by atoms with Crippen molar-refractivity contribution in [1.29, 1.82) is 0 Å². The highest BCUT2D eigenvalue weighted by molar-refractivity contribution is 7.99. The van der Waals surface area contributed by atoms with E-state index in [9.17, 15) is 4.79 Å². The van der Waals surface area contributed by atoms with Gasteiger partial charge in [-0.2, -0.15) is 11.8 Å². The molecule has 1 aromatic heterocycles. The maximum atomic E-state index is 12.2. The van der Waals surface area contributed by atoms with Crippen LogP contribution in [0.2, 0.25) is 0 Å². The third kappa shape index (κ3) is 6.18. The lowest BCUT2D eigenvalue weighted by molar-refractivity contribution is -0.116. The molecular formula is C17H21ClN4OS2. The van der Waals surface area contributed by atoms with Crippen molar-refractivity contribution in [3.05, 3.63) is 42.2 Å². The van der Waals surface area contributed by atoms with E-state index >= 15 is 0 Å². The molecule has 0 radical (unpaired) electrons. The van der Waals surface area contributed by atoms with E-state index in [0.717, 1.165) is 39.4 Å². The van der Waals surface area contributed by atoms with Gasteiger partial charge in [0.25, 0.3) is 0 Å². The number of carbonyl (C=O) groups excluding carboxylic acids is 1. The molecule has 2 N–H and O–H groups in total. The average Bonchev–Trinajstić information content (AvgIpc) is 2.59. The second-order valence-corrected chi connectivity index (χ2v) is 7.78. The number of halogens is 1. The summed E-state index contributed by atoms with van der Waals surface area (Å²) >= 11 is 3.41. The summed E-state index contributed by atoms with van der Waals surface area (Å²) in [6.45, 7) is 2.98. The molecule has 2 heterocycles. The fourth-order valence-electron chi connectivity index (χ4n) is 2.46. The number of nitrogens with zero attached hydrogens (tertiary/aromatic N) is 2. The molecule has 25 heavy (non-hydrogen) atoms. The van der Waals surface area contributed by atoms with Crippen LogP contribution in [0, 0.1) is 6.92 Å². The number of aryl methyl sites for hydroxylation is 1. The molecule has 1 aliphatic rings. The summed E-state index contributed by atoms with van der Waals surface area (Å²) in [4.78, 5) is 21.7. The number of hydrogen-bond acceptors (Lipinski definition) is 6. The number of aromatic nitrogens is 2. The molecule has 1 aliphatic heterocycles. The Bertz CT molecular complexity index is 696.